The van der Waals surface area contributed by atoms with Crippen molar-refractivity contribution in [2.75, 3.05) is 0 Å². The van der Waals surface area contributed by atoms with Gasteiger partial charge in [0.2, 0.25) is 5.91 Å². The number of carboxylic acids is 1. The number of hydrogen-bond donors (Lipinski definition) is 3. The maximum atomic E-state index is 11.9. The van der Waals surface area contributed by atoms with Gasteiger partial charge in [0.25, 0.3) is 0 Å². The summed E-state index contributed by atoms with van der Waals surface area (Å²) >= 11 is 1.27. The van der Waals surface area contributed by atoms with E-state index < -0.39 is 18.0 Å². The number of hydrogen-bond acceptors (Lipinski definition) is 5. The first-order chi connectivity index (χ1) is 9.34. The summed E-state index contributed by atoms with van der Waals surface area (Å²) in [6.45, 7) is 3.37. The number of fused-ring (bicyclic) bond motifs is 1. The van der Waals surface area contributed by atoms with E-state index in [9.17, 15) is 19.8 Å². The first-order valence-corrected chi connectivity index (χ1v) is 7.29. The molecule has 1 unspecified atom stereocenters. The van der Waals surface area contributed by atoms with Gasteiger partial charge >= 0.3 is 5.97 Å². The standard InChI is InChI=1S/C13H18N2O4S/c1-6(14)3-4-20-9-5-8-10(7(2)16)12(17)15(8)11(9)13(18)19/h3-4,6-8,10,16H,5,14H2,1-2H3,(H,18,19)/t6?,7-,8+,10-/m0/s1. The Bertz CT molecular complexity index is 499. The van der Waals surface area contributed by atoms with Crippen LogP contribution in [0.2, 0.25) is 0 Å². The Kier molecular flexibility index (Phi) is 4.22. The highest BCUT2D eigenvalue weighted by Gasteiger charge is 2.56. The van der Waals surface area contributed by atoms with Gasteiger partial charge in [0.1, 0.15) is 5.70 Å². The van der Waals surface area contributed by atoms with Crippen LogP contribution in [-0.2, 0) is 9.59 Å². The number of thioether (sulfide) groups is 1. The van der Waals surface area contributed by atoms with Crippen LogP contribution in [0.5, 0.6) is 0 Å². The summed E-state index contributed by atoms with van der Waals surface area (Å²) in [7, 11) is 0. The molecule has 1 fully saturated rings. The highest BCUT2D eigenvalue weighted by Crippen LogP contribution is 2.47. The fourth-order valence-electron chi connectivity index (χ4n) is 2.58. The molecule has 0 aromatic rings. The van der Waals surface area contributed by atoms with Gasteiger partial charge < -0.3 is 20.8 Å². The number of β-lactam (4-membered cyclic amide) rings is 1. The van der Waals surface area contributed by atoms with Gasteiger partial charge in [-0.1, -0.05) is 6.08 Å². The van der Waals surface area contributed by atoms with E-state index in [1.165, 1.54) is 16.7 Å². The molecule has 6 nitrogen and oxygen atoms in total. The molecule has 0 aromatic carbocycles. The second-order valence-corrected chi connectivity index (χ2v) is 6.13. The van der Waals surface area contributed by atoms with Crippen molar-refractivity contribution in [1.29, 1.82) is 0 Å². The number of aliphatic hydroxyl groups excluding tert-OH is 1. The van der Waals surface area contributed by atoms with E-state index in [0.29, 0.717) is 11.3 Å². The number of aliphatic carboxylic acids is 1. The van der Waals surface area contributed by atoms with Crippen molar-refractivity contribution < 1.29 is 19.8 Å². The molecule has 0 spiro atoms. The van der Waals surface area contributed by atoms with Crippen LogP contribution in [0, 0.1) is 5.92 Å². The zero-order valence-corrected chi connectivity index (χ0v) is 12.1. The molecule has 2 aliphatic heterocycles. The molecule has 0 aromatic heterocycles. The normalized spacial score (nSPS) is 28.6. The Morgan fingerprint density at radius 3 is 2.70 bits per heavy atom. The van der Waals surface area contributed by atoms with Crippen molar-refractivity contribution in [3.8, 4) is 0 Å². The molecule has 20 heavy (non-hydrogen) atoms. The summed E-state index contributed by atoms with van der Waals surface area (Å²) in [4.78, 5) is 25.2. The number of carboxylic acid groups (broad SMARTS) is 1. The molecule has 110 valence electrons. The van der Waals surface area contributed by atoms with Gasteiger partial charge in [0.15, 0.2) is 0 Å². The lowest BCUT2D eigenvalue weighted by Gasteiger charge is -2.44. The molecule has 0 bridgehead atoms. The fraction of sp³-hybridized carbons (Fsp3) is 0.538. The van der Waals surface area contributed by atoms with Crippen molar-refractivity contribution in [3.63, 3.8) is 0 Å². The third-order valence-electron chi connectivity index (χ3n) is 3.48. The predicted molar refractivity (Wildman–Crippen MR) is 75.5 cm³/mol. The zero-order valence-electron chi connectivity index (χ0n) is 11.3. The molecule has 2 heterocycles. The summed E-state index contributed by atoms with van der Waals surface area (Å²) in [6, 6.07) is -0.346. The van der Waals surface area contributed by atoms with Crippen molar-refractivity contribution in [2.24, 2.45) is 11.7 Å². The summed E-state index contributed by atoms with van der Waals surface area (Å²) in [5.74, 6) is -1.92. The van der Waals surface area contributed by atoms with E-state index in [1.807, 2.05) is 6.92 Å². The van der Waals surface area contributed by atoms with Crippen molar-refractivity contribution >= 4 is 23.6 Å². The molecular formula is C13H18N2O4S. The minimum atomic E-state index is -1.11. The minimum absolute atomic E-state index is 0.0382. The number of carbonyl (C=O) groups is 2. The Morgan fingerprint density at radius 1 is 1.55 bits per heavy atom. The summed E-state index contributed by atoms with van der Waals surface area (Å²) in [5, 5.41) is 20.6. The molecule has 0 saturated carbocycles. The van der Waals surface area contributed by atoms with E-state index in [0.717, 1.165) is 0 Å². The lowest BCUT2D eigenvalue weighted by atomic mass is 9.83. The number of nitrogens with two attached hydrogens (primary N) is 1. The monoisotopic (exact) mass is 298 g/mol. The van der Waals surface area contributed by atoms with E-state index >= 15 is 0 Å². The Morgan fingerprint density at radius 2 is 2.20 bits per heavy atom. The molecule has 4 atom stereocenters. The second kappa shape index (κ2) is 5.59. The average Bonchev–Trinajstić information content (AvgIpc) is 2.63. The number of nitrogens with zero attached hydrogens (tertiary/aromatic N) is 1. The Hall–Kier alpha value is -1.31. The zero-order chi connectivity index (χ0) is 15.0. The van der Waals surface area contributed by atoms with E-state index in [2.05, 4.69) is 0 Å². The second-order valence-electron chi connectivity index (χ2n) is 5.13. The van der Waals surface area contributed by atoms with Crippen LogP contribution in [0.3, 0.4) is 0 Å². The average molecular weight is 298 g/mol. The number of rotatable bonds is 5. The van der Waals surface area contributed by atoms with Crippen LogP contribution < -0.4 is 5.73 Å². The molecule has 1 saturated heterocycles. The minimum Gasteiger partial charge on any atom is -0.477 e. The largest absolute Gasteiger partial charge is 0.477 e. The molecule has 0 aliphatic carbocycles. The topological polar surface area (TPSA) is 104 Å². The molecule has 4 N–H and O–H groups in total. The quantitative estimate of drug-likeness (QED) is 0.638. The third-order valence-corrected chi connectivity index (χ3v) is 4.42. The first kappa shape index (κ1) is 15.1. The van der Waals surface area contributed by atoms with Crippen molar-refractivity contribution in [1.82, 2.24) is 4.90 Å². The van der Waals surface area contributed by atoms with Gasteiger partial charge in [-0.05, 0) is 19.3 Å². The van der Waals surface area contributed by atoms with Gasteiger partial charge in [0.05, 0.1) is 18.1 Å². The van der Waals surface area contributed by atoms with E-state index in [1.54, 1.807) is 18.4 Å². The first-order valence-electron chi connectivity index (χ1n) is 6.41. The third kappa shape index (κ3) is 2.48. The van der Waals surface area contributed by atoms with Crippen LogP contribution in [-0.4, -0.2) is 45.2 Å². The van der Waals surface area contributed by atoms with Crippen LogP contribution in [0.1, 0.15) is 20.3 Å². The van der Waals surface area contributed by atoms with Gasteiger partial charge in [-0.25, -0.2) is 4.79 Å². The van der Waals surface area contributed by atoms with E-state index in [4.69, 9.17) is 5.73 Å². The molecule has 0 radical (unpaired) electrons. The SMILES string of the molecule is CC(N)C=CSC1=C(C(=O)O)N2C(=O)[C@@H]([C@H](C)O)[C@H]2C1. The predicted octanol–water partition coefficient (Wildman–Crippen LogP) is 0.488. The molecule has 7 heteroatoms. The van der Waals surface area contributed by atoms with Crippen LogP contribution >= 0.6 is 11.8 Å². The summed E-state index contributed by atoms with van der Waals surface area (Å²) in [6.07, 6.45) is 1.47. The smallest absolute Gasteiger partial charge is 0.353 e. The van der Waals surface area contributed by atoms with Crippen molar-refractivity contribution in [3.05, 3.63) is 22.1 Å². The van der Waals surface area contributed by atoms with Crippen LogP contribution in [0.4, 0.5) is 0 Å². The summed E-state index contributed by atoms with van der Waals surface area (Å²) < 4.78 is 0. The Labute approximate surface area is 121 Å². The molecular weight excluding hydrogens is 280 g/mol. The molecule has 2 aliphatic rings. The fourth-order valence-corrected chi connectivity index (χ4v) is 3.64. The number of aliphatic hydroxyl groups is 1. The maximum absolute atomic E-state index is 11.9. The van der Waals surface area contributed by atoms with Gasteiger partial charge in [-0.3, -0.25) is 4.79 Å². The number of carbonyl (C=O) groups excluding carboxylic acids is 1. The molecule has 1 amide bonds. The van der Waals surface area contributed by atoms with Crippen LogP contribution in [0.15, 0.2) is 22.1 Å². The Balaban J connectivity index is 2.19. The lowest BCUT2D eigenvalue weighted by molar-refractivity contribution is -0.161. The molecule has 2 rings (SSSR count). The van der Waals surface area contributed by atoms with Crippen molar-refractivity contribution in [2.45, 2.75) is 38.5 Å². The van der Waals surface area contributed by atoms with Gasteiger partial charge in [-0.15, -0.1) is 11.8 Å². The van der Waals surface area contributed by atoms with E-state index in [-0.39, 0.29) is 23.7 Å². The lowest BCUT2D eigenvalue weighted by Crippen LogP contribution is -2.61. The van der Waals surface area contributed by atoms with Gasteiger partial charge in [-0.2, -0.15) is 0 Å². The highest BCUT2D eigenvalue weighted by molar-refractivity contribution is 8.05. The number of amides is 1. The summed E-state index contributed by atoms with van der Waals surface area (Å²) in [5.41, 5.74) is 5.63. The highest BCUT2D eigenvalue weighted by atomic mass is 32.2. The maximum Gasteiger partial charge on any atom is 0.353 e. The van der Waals surface area contributed by atoms with Gasteiger partial charge in [0, 0.05) is 17.4 Å². The van der Waals surface area contributed by atoms with Crippen LogP contribution in [0.25, 0.3) is 0 Å².